The zero-order chi connectivity index (χ0) is 21.9. The molecule has 164 valence electrons. The molecule has 6 heteroatoms. The van der Waals surface area contributed by atoms with E-state index in [4.69, 9.17) is 5.73 Å². The van der Waals surface area contributed by atoms with Crippen LogP contribution in [0.25, 0.3) is 33.5 Å². The van der Waals surface area contributed by atoms with E-state index in [1.807, 2.05) is 0 Å². The number of rotatable bonds is 7. The maximum absolute atomic E-state index is 13.4. The van der Waals surface area contributed by atoms with Crippen molar-refractivity contribution >= 4 is 11.0 Å². The molecule has 0 spiro atoms. The van der Waals surface area contributed by atoms with Gasteiger partial charge in [-0.25, -0.2) is 9.37 Å². The van der Waals surface area contributed by atoms with Crippen molar-refractivity contribution in [1.82, 2.24) is 20.2 Å². The molecule has 4 aromatic rings. The lowest BCUT2D eigenvalue weighted by molar-refractivity contribution is 0.331. The minimum Gasteiger partial charge on any atom is -0.338 e. The molecule has 5 rings (SSSR count). The van der Waals surface area contributed by atoms with Crippen LogP contribution in [0.4, 0.5) is 4.39 Å². The lowest BCUT2D eigenvalue weighted by Crippen LogP contribution is -2.32. The summed E-state index contributed by atoms with van der Waals surface area (Å²) in [5.41, 5.74) is 12.0. The van der Waals surface area contributed by atoms with E-state index in [9.17, 15) is 4.39 Å². The number of nitrogens with one attached hydrogen (secondary N) is 2. The van der Waals surface area contributed by atoms with Crippen LogP contribution < -0.4 is 11.1 Å². The number of hydrogen-bond donors (Lipinski definition) is 3. The first-order valence-corrected chi connectivity index (χ1v) is 11.2. The molecule has 0 amide bonds. The molecule has 4 N–H and O–H groups in total. The second-order valence-corrected chi connectivity index (χ2v) is 8.55. The average molecular weight is 430 g/mol. The Hall–Kier alpha value is -3.06. The predicted octanol–water partition coefficient (Wildman–Crippen LogP) is 4.16. The summed E-state index contributed by atoms with van der Waals surface area (Å²) in [6, 6.07) is 21.9. The van der Waals surface area contributed by atoms with Gasteiger partial charge in [-0.1, -0.05) is 42.5 Å². The van der Waals surface area contributed by atoms with Gasteiger partial charge in [-0.15, -0.1) is 0 Å². The molecule has 2 heterocycles. The number of likely N-dealkylation sites (tertiary alicyclic amines) is 1. The van der Waals surface area contributed by atoms with Crippen LogP contribution in [0.1, 0.15) is 12.0 Å². The number of aromatic nitrogens is 2. The van der Waals surface area contributed by atoms with Crippen LogP contribution in [0.3, 0.4) is 0 Å². The van der Waals surface area contributed by atoms with Crippen LogP contribution in [-0.2, 0) is 6.54 Å². The first-order chi connectivity index (χ1) is 15.6. The van der Waals surface area contributed by atoms with Gasteiger partial charge in [0, 0.05) is 37.8 Å². The van der Waals surface area contributed by atoms with Gasteiger partial charge in [0.2, 0.25) is 0 Å². The number of aromatic amines is 1. The summed E-state index contributed by atoms with van der Waals surface area (Å²) in [4.78, 5) is 10.2. The van der Waals surface area contributed by atoms with Gasteiger partial charge in [0.25, 0.3) is 0 Å². The topological polar surface area (TPSA) is 70.0 Å². The molecule has 1 aliphatic heterocycles. The Morgan fingerprint density at radius 1 is 1.03 bits per heavy atom. The van der Waals surface area contributed by atoms with Gasteiger partial charge >= 0.3 is 0 Å². The highest BCUT2D eigenvalue weighted by molar-refractivity contribution is 5.80. The lowest BCUT2D eigenvalue weighted by Gasteiger charge is -2.15. The van der Waals surface area contributed by atoms with E-state index < -0.39 is 0 Å². The normalized spacial score (nSPS) is 16.8. The summed E-state index contributed by atoms with van der Waals surface area (Å²) in [6.07, 6.45) is 1.11. The van der Waals surface area contributed by atoms with Gasteiger partial charge in [-0.3, -0.25) is 0 Å². The molecule has 0 aliphatic carbocycles. The number of nitrogens with two attached hydrogens (primary N) is 1. The molecule has 0 bridgehead atoms. The van der Waals surface area contributed by atoms with Crippen molar-refractivity contribution < 1.29 is 4.39 Å². The Bertz CT molecular complexity index is 1200. The molecule has 0 radical (unpaired) electrons. The van der Waals surface area contributed by atoms with Crippen molar-refractivity contribution in [3.05, 3.63) is 78.1 Å². The monoisotopic (exact) mass is 429 g/mol. The fourth-order valence-corrected chi connectivity index (χ4v) is 4.34. The Labute approximate surface area is 187 Å². The summed E-state index contributed by atoms with van der Waals surface area (Å²) in [6.45, 7) is 4.98. The van der Waals surface area contributed by atoms with Gasteiger partial charge in [0.05, 0.1) is 11.0 Å². The third kappa shape index (κ3) is 4.72. The van der Waals surface area contributed by atoms with Crippen LogP contribution in [0, 0.1) is 5.82 Å². The molecule has 0 saturated carbocycles. The van der Waals surface area contributed by atoms with Crippen LogP contribution in [-0.4, -0.2) is 47.1 Å². The van der Waals surface area contributed by atoms with E-state index >= 15 is 0 Å². The van der Waals surface area contributed by atoms with Crippen molar-refractivity contribution in [3.8, 4) is 22.5 Å². The Morgan fingerprint density at radius 2 is 1.88 bits per heavy atom. The fourth-order valence-electron chi connectivity index (χ4n) is 4.34. The van der Waals surface area contributed by atoms with Gasteiger partial charge in [-0.2, -0.15) is 0 Å². The van der Waals surface area contributed by atoms with E-state index in [2.05, 4.69) is 68.7 Å². The van der Waals surface area contributed by atoms with Crippen molar-refractivity contribution in [3.63, 3.8) is 0 Å². The molecule has 1 atom stereocenters. The zero-order valence-corrected chi connectivity index (χ0v) is 18.0. The smallest absolute Gasteiger partial charge is 0.138 e. The quantitative estimate of drug-likeness (QED) is 0.386. The third-order valence-electron chi connectivity index (χ3n) is 6.11. The molecule has 1 fully saturated rings. The SMILES string of the molecule is NC1CCN(CCNCc2cccc(-c3ccc(-c4nc5ccc(F)cc5[nH]4)cc3)c2)C1. The summed E-state index contributed by atoms with van der Waals surface area (Å²) < 4.78 is 13.4. The predicted molar refractivity (Wildman–Crippen MR) is 128 cm³/mol. The highest BCUT2D eigenvalue weighted by atomic mass is 19.1. The summed E-state index contributed by atoms with van der Waals surface area (Å²) in [5, 5.41) is 3.55. The Balaban J connectivity index is 1.22. The molecule has 1 aromatic heterocycles. The van der Waals surface area contributed by atoms with Crippen molar-refractivity contribution in [2.45, 2.75) is 19.0 Å². The van der Waals surface area contributed by atoms with Gasteiger partial charge in [0.1, 0.15) is 11.6 Å². The number of hydrogen-bond acceptors (Lipinski definition) is 4. The van der Waals surface area contributed by atoms with Crippen LogP contribution in [0.15, 0.2) is 66.7 Å². The number of benzene rings is 3. The largest absolute Gasteiger partial charge is 0.338 e. The van der Waals surface area contributed by atoms with Crippen molar-refractivity contribution in [2.24, 2.45) is 5.73 Å². The van der Waals surface area contributed by atoms with E-state index in [1.54, 1.807) is 6.07 Å². The number of fused-ring (bicyclic) bond motifs is 1. The van der Waals surface area contributed by atoms with Crippen LogP contribution in [0.2, 0.25) is 0 Å². The first-order valence-electron chi connectivity index (χ1n) is 11.2. The van der Waals surface area contributed by atoms with E-state index in [1.165, 1.54) is 23.3 Å². The molecule has 1 saturated heterocycles. The van der Waals surface area contributed by atoms with E-state index in [0.29, 0.717) is 11.6 Å². The highest BCUT2D eigenvalue weighted by Gasteiger charge is 2.17. The summed E-state index contributed by atoms with van der Waals surface area (Å²) in [5.74, 6) is 0.478. The van der Waals surface area contributed by atoms with E-state index in [0.717, 1.165) is 61.6 Å². The fraction of sp³-hybridized carbons (Fsp3) is 0.269. The van der Waals surface area contributed by atoms with Gasteiger partial charge in [0.15, 0.2) is 0 Å². The minimum atomic E-state index is -0.266. The maximum atomic E-state index is 13.4. The molecule has 3 aromatic carbocycles. The maximum Gasteiger partial charge on any atom is 0.138 e. The second-order valence-electron chi connectivity index (χ2n) is 8.55. The molecular weight excluding hydrogens is 401 g/mol. The number of H-pyrrole nitrogens is 1. The van der Waals surface area contributed by atoms with Crippen molar-refractivity contribution in [2.75, 3.05) is 26.2 Å². The summed E-state index contributed by atoms with van der Waals surface area (Å²) >= 11 is 0. The highest BCUT2D eigenvalue weighted by Crippen LogP contribution is 2.26. The molecule has 5 nitrogen and oxygen atoms in total. The third-order valence-corrected chi connectivity index (χ3v) is 6.11. The minimum absolute atomic E-state index is 0.266. The zero-order valence-electron chi connectivity index (χ0n) is 18.0. The molecule has 1 unspecified atom stereocenters. The van der Waals surface area contributed by atoms with Gasteiger partial charge < -0.3 is 20.9 Å². The molecular formula is C26H28FN5. The van der Waals surface area contributed by atoms with Gasteiger partial charge in [-0.05, 0) is 53.9 Å². The number of nitrogens with zero attached hydrogens (tertiary/aromatic N) is 2. The number of imidazole rings is 1. The molecule has 32 heavy (non-hydrogen) atoms. The van der Waals surface area contributed by atoms with Crippen molar-refractivity contribution in [1.29, 1.82) is 0 Å². The summed E-state index contributed by atoms with van der Waals surface area (Å²) in [7, 11) is 0. The second kappa shape index (κ2) is 9.20. The van der Waals surface area contributed by atoms with E-state index in [-0.39, 0.29) is 5.82 Å². The lowest BCUT2D eigenvalue weighted by atomic mass is 10.0. The Morgan fingerprint density at radius 3 is 2.69 bits per heavy atom. The molecule has 1 aliphatic rings. The first kappa shape index (κ1) is 20.8. The van der Waals surface area contributed by atoms with Crippen LogP contribution >= 0.6 is 0 Å². The number of halogens is 1. The Kier molecular flexibility index (Phi) is 5.99. The standard InChI is InChI=1S/C26H28FN5/c27-22-8-9-24-25(15-22)31-26(30-24)20-6-4-19(5-7-20)21-3-1-2-18(14-21)16-29-11-13-32-12-10-23(28)17-32/h1-9,14-15,23,29H,10-13,16-17,28H2,(H,30,31). The van der Waals surface area contributed by atoms with Crippen LogP contribution in [0.5, 0.6) is 0 Å². The average Bonchev–Trinajstić information content (AvgIpc) is 3.42.